The lowest BCUT2D eigenvalue weighted by atomic mass is 9.99. The van der Waals surface area contributed by atoms with Crippen molar-refractivity contribution in [3.05, 3.63) is 80.8 Å². The third-order valence-corrected chi connectivity index (χ3v) is 6.11. The molecule has 7 heteroatoms. The molecule has 0 bridgehead atoms. The van der Waals surface area contributed by atoms with Crippen LogP contribution in [0.1, 0.15) is 33.8 Å². The average molecular weight is 412 g/mol. The Bertz CT molecular complexity index is 1390. The molecule has 0 saturated heterocycles. The molecule has 0 saturated carbocycles. The van der Waals surface area contributed by atoms with Gasteiger partial charge in [-0.25, -0.2) is 4.98 Å². The number of fused-ring (bicyclic) bond motifs is 2. The normalized spacial score (nSPS) is 13.5. The Kier molecular flexibility index (Phi) is 4.54. The van der Waals surface area contributed by atoms with Crippen molar-refractivity contribution in [2.45, 2.75) is 40.7 Å². The zero-order valence-corrected chi connectivity index (χ0v) is 18.2. The summed E-state index contributed by atoms with van der Waals surface area (Å²) in [7, 11) is 0. The molecule has 0 amide bonds. The first-order valence-electron chi connectivity index (χ1n) is 10.4. The van der Waals surface area contributed by atoms with Crippen LogP contribution in [0.25, 0.3) is 16.8 Å². The zero-order chi connectivity index (χ0) is 21.7. The van der Waals surface area contributed by atoms with Crippen molar-refractivity contribution in [1.82, 2.24) is 24.6 Å². The van der Waals surface area contributed by atoms with Crippen LogP contribution in [0.5, 0.6) is 0 Å². The Labute approximate surface area is 180 Å². The summed E-state index contributed by atoms with van der Waals surface area (Å²) in [6.45, 7) is 9.40. The minimum atomic E-state index is -0.153. The van der Waals surface area contributed by atoms with Crippen LogP contribution < -0.4 is 10.5 Å². The van der Waals surface area contributed by atoms with Gasteiger partial charge < -0.3 is 4.90 Å². The lowest BCUT2D eigenvalue weighted by molar-refractivity contribution is 0.684. The van der Waals surface area contributed by atoms with Crippen molar-refractivity contribution < 1.29 is 0 Å². The highest BCUT2D eigenvalue weighted by Gasteiger charge is 2.23. The maximum Gasteiger partial charge on any atom is 0.274 e. The van der Waals surface area contributed by atoms with Gasteiger partial charge in [0.15, 0.2) is 11.5 Å². The standard InChI is InChI=1S/C24H24N6O/c1-14-10-22(31)30-23(27-14)15(2)16(3)24(28-30)29-9-7-21-19(13-29)11-18(12-26-21)20-6-5-8-25-17(20)4/h5-6,8,10-12H,7,9,13H2,1-4H3. The van der Waals surface area contributed by atoms with Crippen molar-refractivity contribution in [1.29, 1.82) is 0 Å². The molecule has 7 nitrogen and oxygen atoms in total. The molecule has 0 aliphatic carbocycles. The number of hydrogen-bond acceptors (Lipinski definition) is 6. The highest BCUT2D eigenvalue weighted by atomic mass is 16.1. The van der Waals surface area contributed by atoms with Gasteiger partial charge in [0, 0.05) is 77.3 Å². The fourth-order valence-corrected chi connectivity index (χ4v) is 4.28. The second kappa shape index (κ2) is 7.27. The van der Waals surface area contributed by atoms with Gasteiger partial charge in [0.2, 0.25) is 0 Å². The Balaban J connectivity index is 1.57. The van der Waals surface area contributed by atoms with Crippen molar-refractivity contribution in [2.24, 2.45) is 0 Å². The summed E-state index contributed by atoms with van der Waals surface area (Å²) in [6.07, 6.45) is 4.58. The number of aromatic nitrogens is 5. The number of pyridine rings is 2. The van der Waals surface area contributed by atoms with Crippen LogP contribution in [-0.2, 0) is 13.0 Å². The van der Waals surface area contributed by atoms with Crippen molar-refractivity contribution in [3.63, 3.8) is 0 Å². The number of hydrogen-bond donors (Lipinski definition) is 0. The molecule has 0 spiro atoms. The van der Waals surface area contributed by atoms with Crippen LogP contribution in [-0.4, -0.2) is 31.1 Å². The zero-order valence-electron chi connectivity index (χ0n) is 18.2. The smallest absolute Gasteiger partial charge is 0.274 e. The molecule has 5 heterocycles. The first kappa shape index (κ1) is 19.4. The predicted molar refractivity (Wildman–Crippen MR) is 120 cm³/mol. The Morgan fingerprint density at radius 3 is 2.68 bits per heavy atom. The van der Waals surface area contributed by atoms with E-state index in [1.807, 2.05) is 33.0 Å². The Morgan fingerprint density at radius 1 is 1.03 bits per heavy atom. The van der Waals surface area contributed by atoms with Crippen molar-refractivity contribution in [3.8, 4) is 11.1 Å². The number of anilines is 1. The van der Waals surface area contributed by atoms with Gasteiger partial charge in [0.05, 0.1) is 0 Å². The molecular weight excluding hydrogens is 388 g/mol. The van der Waals surface area contributed by atoms with Gasteiger partial charge >= 0.3 is 0 Å². The summed E-state index contributed by atoms with van der Waals surface area (Å²) in [4.78, 5) is 28.5. The van der Waals surface area contributed by atoms with E-state index in [1.165, 1.54) is 16.1 Å². The fourth-order valence-electron chi connectivity index (χ4n) is 4.28. The molecule has 5 rings (SSSR count). The van der Waals surface area contributed by atoms with E-state index < -0.39 is 0 Å². The molecule has 0 fully saturated rings. The Hall–Kier alpha value is -3.61. The fraction of sp³-hybridized carbons (Fsp3) is 0.292. The van der Waals surface area contributed by atoms with Gasteiger partial charge in [0.25, 0.3) is 5.56 Å². The van der Waals surface area contributed by atoms with E-state index in [-0.39, 0.29) is 5.56 Å². The third-order valence-electron chi connectivity index (χ3n) is 6.11. The van der Waals surface area contributed by atoms with Crippen LogP contribution in [0, 0.1) is 27.7 Å². The third kappa shape index (κ3) is 3.26. The molecular formula is C24H24N6O. The van der Waals surface area contributed by atoms with Gasteiger partial charge in [-0.2, -0.15) is 4.52 Å². The lowest BCUT2D eigenvalue weighted by Gasteiger charge is -2.31. The SMILES string of the molecule is Cc1cc(=O)n2nc(N3CCc4ncc(-c5cccnc5C)cc4C3)c(C)c(C)c2n1. The predicted octanol–water partition coefficient (Wildman–Crippen LogP) is 3.34. The summed E-state index contributed by atoms with van der Waals surface area (Å²) < 4.78 is 1.42. The van der Waals surface area contributed by atoms with Gasteiger partial charge in [-0.05, 0) is 45.4 Å². The molecule has 0 aromatic carbocycles. The molecule has 1 aliphatic heterocycles. The highest BCUT2D eigenvalue weighted by molar-refractivity contribution is 5.66. The minimum Gasteiger partial charge on any atom is -0.350 e. The van der Waals surface area contributed by atoms with E-state index in [0.29, 0.717) is 17.9 Å². The van der Waals surface area contributed by atoms with Gasteiger partial charge in [-0.15, -0.1) is 5.10 Å². The van der Waals surface area contributed by atoms with Crippen molar-refractivity contribution in [2.75, 3.05) is 11.4 Å². The second-order valence-corrected chi connectivity index (χ2v) is 8.18. The number of nitrogens with zero attached hydrogens (tertiary/aromatic N) is 6. The lowest BCUT2D eigenvalue weighted by Crippen LogP contribution is -2.34. The molecule has 0 N–H and O–H groups in total. The minimum absolute atomic E-state index is 0.153. The first-order valence-corrected chi connectivity index (χ1v) is 10.4. The van der Waals surface area contributed by atoms with Gasteiger partial charge in [-0.3, -0.25) is 14.8 Å². The monoisotopic (exact) mass is 412 g/mol. The molecule has 4 aromatic heterocycles. The summed E-state index contributed by atoms with van der Waals surface area (Å²) in [6, 6.07) is 7.76. The van der Waals surface area contributed by atoms with E-state index in [9.17, 15) is 4.79 Å². The second-order valence-electron chi connectivity index (χ2n) is 8.18. The van der Waals surface area contributed by atoms with Gasteiger partial charge in [-0.1, -0.05) is 6.07 Å². The van der Waals surface area contributed by atoms with E-state index in [0.717, 1.165) is 52.4 Å². The van der Waals surface area contributed by atoms with E-state index in [1.54, 1.807) is 6.20 Å². The molecule has 31 heavy (non-hydrogen) atoms. The summed E-state index contributed by atoms with van der Waals surface area (Å²) >= 11 is 0. The highest BCUT2D eigenvalue weighted by Crippen LogP contribution is 2.30. The number of aryl methyl sites for hydroxylation is 3. The summed E-state index contributed by atoms with van der Waals surface area (Å²) in [5.74, 6) is 0.825. The van der Waals surface area contributed by atoms with Crippen LogP contribution in [0.4, 0.5) is 5.82 Å². The van der Waals surface area contributed by atoms with Crippen LogP contribution in [0.3, 0.4) is 0 Å². The quantitative estimate of drug-likeness (QED) is 0.503. The topological polar surface area (TPSA) is 76.3 Å². The number of rotatable bonds is 2. The van der Waals surface area contributed by atoms with E-state index >= 15 is 0 Å². The van der Waals surface area contributed by atoms with Crippen LogP contribution in [0.2, 0.25) is 0 Å². The molecule has 0 radical (unpaired) electrons. The summed E-state index contributed by atoms with van der Waals surface area (Å²) in [5.41, 5.74) is 8.66. The maximum absolute atomic E-state index is 12.6. The molecule has 156 valence electrons. The largest absolute Gasteiger partial charge is 0.350 e. The summed E-state index contributed by atoms with van der Waals surface area (Å²) in [5, 5.41) is 4.70. The van der Waals surface area contributed by atoms with E-state index in [2.05, 4.69) is 33.9 Å². The maximum atomic E-state index is 12.6. The molecule has 0 unspecified atom stereocenters. The van der Waals surface area contributed by atoms with Crippen molar-refractivity contribution >= 4 is 11.5 Å². The average Bonchev–Trinajstić information content (AvgIpc) is 2.76. The van der Waals surface area contributed by atoms with E-state index in [4.69, 9.17) is 10.1 Å². The Morgan fingerprint density at radius 2 is 1.87 bits per heavy atom. The van der Waals surface area contributed by atoms with Gasteiger partial charge in [0.1, 0.15) is 0 Å². The van der Waals surface area contributed by atoms with Crippen LogP contribution in [0.15, 0.2) is 41.5 Å². The van der Waals surface area contributed by atoms with Crippen LogP contribution >= 0.6 is 0 Å². The molecule has 4 aromatic rings. The molecule has 0 atom stereocenters. The molecule has 1 aliphatic rings. The first-order chi connectivity index (χ1) is 14.9.